The topological polar surface area (TPSA) is 176 Å². The van der Waals surface area contributed by atoms with Crippen LogP contribution in [0.25, 0.3) is 0 Å². The summed E-state index contributed by atoms with van der Waals surface area (Å²) in [5.41, 5.74) is 15.0. The molecule has 0 saturated heterocycles. The number of nitrogen functional groups attached to an aromatic ring is 2. The molecule has 10 nitrogen and oxygen atoms in total. The summed E-state index contributed by atoms with van der Waals surface area (Å²) in [6, 6.07) is 28.5. The maximum atomic E-state index is 12.4. The fraction of sp³-hybridized carbons (Fsp3) is 0.200. The Hall–Kier alpha value is -5.64. The first-order valence-electron chi connectivity index (χ1n) is 14.7. The summed E-state index contributed by atoms with van der Waals surface area (Å²) in [5.74, 6) is 1.11. The van der Waals surface area contributed by atoms with Crippen molar-refractivity contribution in [2.75, 3.05) is 13.2 Å². The third-order valence-electron chi connectivity index (χ3n) is 7.00. The van der Waals surface area contributed by atoms with E-state index in [1.54, 1.807) is 48.5 Å². The summed E-state index contributed by atoms with van der Waals surface area (Å²) in [6.07, 6.45) is 2.77. The Morgan fingerprint density at radius 2 is 0.844 bits per heavy atom. The molecule has 0 heterocycles. The van der Waals surface area contributed by atoms with Gasteiger partial charge in [-0.1, -0.05) is 48.5 Å². The van der Waals surface area contributed by atoms with Gasteiger partial charge in [-0.2, -0.15) is 0 Å². The van der Waals surface area contributed by atoms with Gasteiger partial charge in [0, 0.05) is 35.3 Å². The zero-order chi connectivity index (χ0) is 32.0. The number of amidine groups is 2. The molecule has 2 amide bonds. The first kappa shape index (κ1) is 32.3. The highest BCUT2D eigenvalue weighted by Gasteiger charge is 2.08. The van der Waals surface area contributed by atoms with E-state index in [4.69, 9.17) is 31.8 Å². The lowest BCUT2D eigenvalue weighted by molar-refractivity contribution is 0.0943. The van der Waals surface area contributed by atoms with Gasteiger partial charge in [-0.15, -0.1) is 0 Å². The highest BCUT2D eigenvalue weighted by molar-refractivity contribution is 5.99. The van der Waals surface area contributed by atoms with Crippen LogP contribution in [-0.2, 0) is 13.1 Å². The Labute approximate surface area is 262 Å². The van der Waals surface area contributed by atoms with Gasteiger partial charge in [0.25, 0.3) is 11.8 Å². The molecule has 0 aliphatic carbocycles. The van der Waals surface area contributed by atoms with Crippen molar-refractivity contribution in [2.24, 2.45) is 11.5 Å². The van der Waals surface area contributed by atoms with Crippen LogP contribution in [0.15, 0.2) is 97.1 Å². The molecule has 10 heteroatoms. The quantitative estimate of drug-likeness (QED) is 0.0609. The lowest BCUT2D eigenvalue weighted by Crippen LogP contribution is -2.23. The van der Waals surface area contributed by atoms with Gasteiger partial charge >= 0.3 is 0 Å². The second kappa shape index (κ2) is 16.3. The maximum Gasteiger partial charge on any atom is 0.251 e. The van der Waals surface area contributed by atoms with Gasteiger partial charge in [-0.25, -0.2) is 0 Å². The molecule has 0 atom stereocenters. The minimum atomic E-state index is -0.192. The molecule has 0 aliphatic rings. The molecule has 0 bridgehead atoms. The van der Waals surface area contributed by atoms with Crippen LogP contribution in [0.1, 0.15) is 62.2 Å². The van der Waals surface area contributed by atoms with Gasteiger partial charge in [0.1, 0.15) is 23.2 Å². The van der Waals surface area contributed by atoms with E-state index in [2.05, 4.69) is 10.6 Å². The monoisotopic (exact) mass is 606 g/mol. The lowest BCUT2D eigenvalue weighted by Gasteiger charge is -2.10. The maximum absolute atomic E-state index is 12.4. The molecule has 232 valence electrons. The number of benzene rings is 4. The molecule has 0 radical (unpaired) electrons. The standard InChI is InChI=1S/C35H38N6O4/c36-32(37)26-8-12-28(13-9-26)34(42)40-22-24-4-16-30(17-5-24)44-20-2-1-3-21-45-31-18-6-25(7-19-31)23-41-35(43)29-14-10-27(11-15-29)33(38)39/h4-19H,1-3,20-23H2,(H3,36,37)(H3,38,39)(H,40,42)(H,41,43). The largest absolute Gasteiger partial charge is 0.494 e. The van der Waals surface area contributed by atoms with Gasteiger partial charge in [0.15, 0.2) is 0 Å². The van der Waals surface area contributed by atoms with Crippen molar-refractivity contribution in [3.05, 3.63) is 130 Å². The number of rotatable bonds is 16. The second-order valence-corrected chi connectivity index (χ2v) is 10.4. The Balaban J connectivity index is 1.06. The van der Waals surface area contributed by atoms with E-state index < -0.39 is 0 Å². The van der Waals surface area contributed by atoms with Gasteiger partial charge < -0.3 is 31.6 Å². The number of unbranched alkanes of at least 4 members (excludes halogenated alkanes) is 2. The van der Waals surface area contributed by atoms with Crippen molar-refractivity contribution in [1.82, 2.24) is 10.6 Å². The summed E-state index contributed by atoms with van der Waals surface area (Å²) in [4.78, 5) is 24.7. The first-order chi connectivity index (χ1) is 21.8. The highest BCUT2D eigenvalue weighted by atomic mass is 16.5. The summed E-state index contributed by atoms with van der Waals surface area (Å²) in [5, 5.41) is 20.6. The van der Waals surface area contributed by atoms with Gasteiger partial charge in [0.05, 0.1) is 13.2 Å². The van der Waals surface area contributed by atoms with Gasteiger partial charge in [-0.05, 0) is 78.9 Å². The third kappa shape index (κ3) is 10.2. The number of nitrogens with two attached hydrogens (primary N) is 2. The SMILES string of the molecule is N=C(N)c1ccc(C(=O)NCc2ccc(OCCCCCOc3ccc(CNC(=O)c4ccc(C(=N)N)cc4)cc3)cc2)cc1. The molecule has 4 aromatic carbocycles. The number of ether oxygens (including phenoxy) is 2. The summed E-state index contributed by atoms with van der Waals surface area (Å²) in [6.45, 7) is 2.00. The van der Waals surface area contributed by atoms with Crippen molar-refractivity contribution in [3.63, 3.8) is 0 Å². The zero-order valence-corrected chi connectivity index (χ0v) is 25.0. The molecule has 0 saturated carbocycles. The van der Waals surface area contributed by atoms with Gasteiger partial charge in [-0.3, -0.25) is 20.4 Å². The van der Waals surface area contributed by atoms with Crippen LogP contribution in [0.4, 0.5) is 0 Å². The molecule has 8 N–H and O–H groups in total. The van der Waals surface area contributed by atoms with Crippen LogP contribution in [0, 0.1) is 10.8 Å². The lowest BCUT2D eigenvalue weighted by atomic mass is 10.1. The molecule has 4 rings (SSSR count). The minimum absolute atomic E-state index is 0.0322. The number of carbonyl (C=O) groups excluding carboxylic acids is 2. The fourth-order valence-corrected chi connectivity index (χ4v) is 4.34. The van der Waals surface area contributed by atoms with Crippen LogP contribution >= 0.6 is 0 Å². The summed E-state index contributed by atoms with van der Waals surface area (Å²) in [7, 11) is 0. The van der Waals surface area contributed by atoms with Crippen molar-refractivity contribution < 1.29 is 19.1 Å². The first-order valence-corrected chi connectivity index (χ1v) is 14.7. The molecule has 0 unspecified atom stereocenters. The predicted octanol–water partition coefficient (Wildman–Crippen LogP) is 4.74. The van der Waals surface area contributed by atoms with Crippen LogP contribution in [0.3, 0.4) is 0 Å². The minimum Gasteiger partial charge on any atom is -0.494 e. The molecular formula is C35H38N6O4. The average Bonchev–Trinajstić information content (AvgIpc) is 3.06. The van der Waals surface area contributed by atoms with E-state index in [9.17, 15) is 9.59 Å². The van der Waals surface area contributed by atoms with E-state index >= 15 is 0 Å². The molecule has 0 aliphatic heterocycles. The Bertz CT molecular complexity index is 1460. The van der Waals surface area contributed by atoms with Crippen molar-refractivity contribution >= 4 is 23.5 Å². The summed E-state index contributed by atoms with van der Waals surface area (Å²) >= 11 is 0. The Morgan fingerprint density at radius 1 is 0.511 bits per heavy atom. The van der Waals surface area contributed by atoms with Crippen molar-refractivity contribution in [3.8, 4) is 11.5 Å². The number of nitrogens with one attached hydrogen (secondary N) is 4. The smallest absolute Gasteiger partial charge is 0.251 e. The molecule has 0 fully saturated rings. The Morgan fingerprint density at radius 3 is 1.18 bits per heavy atom. The van der Waals surface area contributed by atoms with Crippen molar-refractivity contribution in [2.45, 2.75) is 32.4 Å². The Kier molecular flexibility index (Phi) is 11.7. The van der Waals surface area contributed by atoms with E-state index in [-0.39, 0.29) is 23.5 Å². The zero-order valence-electron chi connectivity index (χ0n) is 25.0. The molecule has 0 aromatic heterocycles. The van der Waals surface area contributed by atoms with Gasteiger partial charge in [0.2, 0.25) is 0 Å². The highest BCUT2D eigenvalue weighted by Crippen LogP contribution is 2.15. The van der Waals surface area contributed by atoms with Crippen LogP contribution in [0.5, 0.6) is 11.5 Å². The van der Waals surface area contributed by atoms with E-state index in [1.165, 1.54) is 0 Å². The number of hydrogen-bond acceptors (Lipinski definition) is 6. The van der Waals surface area contributed by atoms with Crippen molar-refractivity contribution in [1.29, 1.82) is 10.8 Å². The fourth-order valence-electron chi connectivity index (χ4n) is 4.34. The van der Waals surface area contributed by atoms with Crippen LogP contribution in [-0.4, -0.2) is 36.7 Å². The average molecular weight is 607 g/mol. The van der Waals surface area contributed by atoms with Crippen LogP contribution in [0.2, 0.25) is 0 Å². The van der Waals surface area contributed by atoms with E-state index in [0.717, 1.165) is 41.9 Å². The summed E-state index contributed by atoms with van der Waals surface area (Å²) < 4.78 is 11.7. The second-order valence-electron chi connectivity index (χ2n) is 10.4. The number of carbonyl (C=O) groups is 2. The molecular weight excluding hydrogens is 568 g/mol. The van der Waals surface area contributed by atoms with Crippen LogP contribution < -0.4 is 31.6 Å². The molecule has 4 aromatic rings. The van der Waals surface area contributed by atoms with E-state index in [1.807, 2.05) is 48.5 Å². The third-order valence-corrected chi connectivity index (χ3v) is 7.00. The molecule has 45 heavy (non-hydrogen) atoms. The predicted molar refractivity (Wildman–Crippen MR) is 175 cm³/mol. The number of amides is 2. The normalized spacial score (nSPS) is 10.5. The number of hydrogen-bond donors (Lipinski definition) is 6. The molecule has 0 spiro atoms. The van der Waals surface area contributed by atoms with E-state index in [0.29, 0.717) is 48.6 Å².